The fourth-order valence-electron chi connectivity index (χ4n) is 1.37. The predicted octanol–water partition coefficient (Wildman–Crippen LogP) is 1.53. The van der Waals surface area contributed by atoms with Crippen LogP contribution in [0.25, 0.3) is 0 Å². The first-order valence-electron chi connectivity index (χ1n) is 6.54. The molecule has 0 saturated carbocycles. The summed E-state index contributed by atoms with van der Waals surface area (Å²) in [7, 11) is -9.61. The summed E-state index contributed by atoms with van der Waals surface area (Å²) in [6.07, 6.45) is -2.83. The Kier molecular flexibility index (Phi) is 9.25. The molecule has 2 atom stereocenters. The number of hydrogen-bond acceptors (Lipinski definition) is 8. The molecule has 16 heteroatoms. The zero-order chi connectivity index (χ0) is 20.8. The number of rotatable bonds is 11. The number of methoxy groups -OCH3 is 2. The van der Waals surface area contributed by atoms with Crippen LogP contribution in [0, 0.1) is 0 Å². The van der Waals surface area contributed by atoms with Crippen molar-refractivity contribution in [2.45, 2.75) is 36.1 Å². The second-order valence-corrected chi connectivity index (χ2v) is 7.88. The first kappa shape index (κ1) is 25.3. The molecule has 0 rings (SSSR count). The van der Waals surface area contributed by atoms with Crippen LogP contribution in [-0.4, -0.2) is 67.5 Å². The molecule has 26 heavy (non-hydrogen) atoms. The van der Waals surface area contributed by atoms with E-state index in [1.807, 2.05) is 0 Å². The van der Waals surface area contributed by atoms with Gasteiger partial charge in [-0.1, -0.05) is 0 Å². The molecule has 0 aliphatic carbocycles. The van der Waals surface area contributed by atoms with Crippen molar-refractivity contribution < 1.29 is 61.0 Å². The van der Waals surface area contributed by atoms with Crippen LogP contribution in [0.5, 0.6) is 0 Å². The fourth-order valence-corrected chi connectivity index (χ4v) is 2.30. The van der Waals surface area contributed by atoms with Crippen LogP contribution < -0.4 is 0 Å². The van der Waals surface area contributed by atoms with Gasteiger partial charge in [0.2, 0.25) is 0 Å². The fraction of sp³-hybridized carbons (Fsp3) is 1.00. The van der Waals surface area contributed by atoms with E-state index in [0.29, 0.717) is 0 Å². The van der Waals surface area contributed by atoms with Crippen LogP contribution in [0.1, 0.15) is 12.8 Å². The van der Waals surface area contributed by atoms with Crippen LogP contribution in [0.15, 0.2) is 0 Å². The maximum absolute atomic E-state index is 12.1. The summed E-state index contributed by atoms with van der Waals surface area (Å²) in [4.78, 5) is 0. The quantitative estimate of drug-likeness (QED) is 0.270. The molecule has 0 amide bonds. The molecule has 8 nitrogen and oxygen atoms in total. The van der Waals surface area contributed by atoms with E-state index in [1.165, 1.54) is 0 Å². The van der Waals surface area contributed by atoms with E-state index in [9.17, 15) is 43.2 Å². The summed E-state index contributed by atoms with van der Waals surface area (Å²) >= 11 is 0. The van der Waals surface area contributed by atoms with Crippen molar-refractivity contribution in [1.29, 1.82) is 0 Å². The van der Waals surface area contributed by atoms with Gasteiger partial charge >= 0.3 is 31.3 Å². The van der Waals surface area contributed by atoms with Crippen LogP contribution in [0.3, 0.4) is 0 Å². The number of ether oxygens (including phenoxy) is 2. The van der Waals surface area contributed by atoms with Gasteiger partial charge in [0.1, 0.15) is 0 Å². The molecule has 0 spiro atoms. The normalized spacial score (nSPS) is 16.5. The van der Waals surface area contributed by atoms with Gasteiger partial charge < -0.3 is 9.47 Å². The molecule has 0 N–H and O–H groups in total. The number of alkyl halides is 6. The topological polar surface area (TPSA) is 105 Å². The Labute approximate surface area is 145 Å². The van der Waals surface area contributed by atoms with Gasteiger partial charge in [-0.25, -0.2) is 0 Å². The third-order valence-electron chi connectivity index (χ3n) is 2.86. The molecule has 0 saturated heterocycles. The third-order valence-corrected chi connectivity index (χ3v) is 4.89. The highest BCUT2D eigenvalue weighted by Crippen LogP contribution is 2.26. The minimum atomic E-state index is -5.83. The molecular weight excluding hydrogens is 426 g/mol. The third kappa shape index (κ3) is 7.91. The van der Waals surface area contributed by atoms with Gasteiger partial charge in [-0.3, -0.25) is 8.37 Å². The van der Waals surface area contributed by atoms with Gasteiger partial charge in [-0.05, 0) is 12.8 Å². The molecule has 0 bridgehead atoms. The minimum absolute atomic E-state index is 0.224. The number of hydrogen-bond donors (Lipinski definition) is 0. The Balaban J connectivity index is 4.61. The van der Waals surface area contributed by atoms with E-state index >= 15 is 0 Å². The Morgan fingerprint density at radius 2 is 0.962 bits per heavy atom. The molecular formula is C10H16F6O8S2. The average Bonchev–Trinajstić information content (AvgIpc) is 2.47. The lowest BCUT2D eigenvalue weighted by Gasteiger charge is -2.20. The first-order chi connectivity index (χ1) is 11.6. The second kappa shape index (κ2) is 9.50. The zero-order valence-electron chi connectivity index (χ0n) is 13.3. The molecule has 0 fully saturated rings. The lowest BCUT2D eigenvalue weighted by Crippen LogP contribution is -2.32. The highest BCUT2D eigenvalue weighted by molar-refractivity contribution is 7.87. The van der Waals surface area contributed by atoms with E-state index < -0.39 is 56.7 Å². The van der Waals surface area contributed by atoms with Crippen molar-refractivity contribution in [1.82, 2.24) is 0 Å². The Bertz CT molecular complexity index is 571. The lowest BCUT2D eigenvalue weighted by atomic mass is 10.1. The molecule has 0 heterocycles. The number of halogens is 6. The minimum Gasteiger partial charge on any atom is -0.379 e. The first-order valence-corrected chi connectivity index (χ1v) is 9.36. The summed E-state index contributed by atoms with van der Waals surface area (Å²) < 4.78 is 133. The van der Waals surface area contributed by atoms with Gasteiger partial charge in [0.15, 0.2) is 0 Å². The molecule has 0 aromatic heterocycles. The van der Waals surface area contributed by atoms with Gasteiger partial charge in [0.05, 0.1) is 25.4 Å². The van der Waals surface area contributed by atoms with E-state index in [4.69, 9.17) is 9.47 Å². The summed E-state index contributed by atoms with van der Waals surface area (Å²) in [5.41, 5.74) is -11.2. The molecule has 0 radical (unpaired) electrons. The molecule has 0 aromatic rings. The van der Waals surface area contributed by atoms with E-state index in [1.54, 1.807) is 0 Å². The van der Waals surface area contributed by atoms with Crippen molar-refractivity contribution in [3.8, 4) is 0 Å². The Morgan fingerprint density at radius 3 is 1.15 bits per heavy atom. The predicted molar refractivity (Wildman–Crippen MR) is 72.7 cm³/mol. The highest BCUT2D eigenvalue weighted by atomic mass is 32.2. The summed E-state index contributed by atoms with van der Waals surface area (Å²) in [6.45, 7) is -2.03. The van der Waals surface area contributed by atoms with Crippen molar-refractivity contribution in [3.63, 3.8) is 0 Å². The van der Waals surface area contributed by atoms with Gasteiger partial charge in [0.25, 0.3) is 0 Å². The largest absolute Gasteiger partial charge is 0.523 e. The van der Waals surface area contributed by atoms with Crippen molar-refractivity contribution in [2.75, 3.05) is 27.4 Å². The smallest absolute Gasteiger partial charge is 0.379 e. The van der Waals surface area contributed by atoms with Gasteiger partial charge in [0, 0.05) is 14.2 Å². The van der Waals surface area contributed by atoms with E-state index in [-0.39, 0.29) is 12.8 Å². The van der Waals surface area contributed by atoms with Gasteiger partial charge in [-0.15, -0.1) is 0 Å². The van der Waals surface area contributed by atoms with Crippen LogP contribution >= 0.6 is 0 Å². The summed E-state index contributed by atoms with van der Waals surface area (Å²) in [6, 6.07) is 0. The monoisotopic (exact) mass is 442 g/mol. The van der Waals surface area contributed by atoms with Crippen LogP contribution in [0.4, 0.5) is 26.3 Å². The Morgan fingerprint density at radius 1 is 0.692 bits per heavy atom. The summed E-state index contributed by atoms with van der Waals surface area (Å²) in [5, 5.41) is 0. The van der Waals surface area contributed by atoms with E-state index in [0.717, 1.165) is 14.2 Å². The average molecular weight is 442 g/mol. The van der Waals surface area contributed by atoms with Crippen LogP contribution in [0.2, 0.25) is 0 Å². The standard InChI is InChI=1S/C10H16F6O8S2/c1-21-7(5-23-25(17,18)9(11,12)13)3-4-8(22-2)6-24-26(19,20)10(14,15)16/h7-8H,3-6H2,1-2H3/t7-,8+. The van der Waals surface area contributed by atoms with Crippen molar-refractivity contribution >= 4 is 20.2 Å². The van der Waals surface area contributed by atoms with E-state index in [2.05, 4.69) is 8.37 Å². The van der Waals surface area contributed by atoms with Gasteiger partial charge in [-0.2, -0.15) is 43.2 Å². The zero-order valence-corrected chi connectivity index (χ0v) is 15.0. The highest BCUT2D eigenvalue weighted by Gasteiger charge is 2.48. The SMILES string of the molecule is CO[C@H](CC[C@@H](COS(=O)(=O)C(F)(F)F)OC)COS(=O)(=O)C(F)(F)F. The molecule has 0 aliphatic rings. The molecule has 0 aliphatic heterocycles. The second-order valence-electron chi connectivity index (χ2n) is 4.66. The maximum Gasteiger partial charge on any atom is 0.523 e. The van der Waals surface area contributed by atoms with Crippen molar-refractivity contribution in [3.05, 3.63) is 0 Å². The van der Waals surface area contributed by atoms with Crippen molar-refractivity contribution in [2.24, 2.45) is 0 Å². The molecule has 0 unspecified atom stereocenters. The lowest BCUT2D eigenvalue weighted by molar-refractivity contribution is -0.0603. The van der Waals surface area contributed by atoms with Crippen LogP contribution in [-0.2, 0) is 38.1 Å². The Hall–Kier alpha value is -0.680. The maximum atomic E-state index is 12.1. The molecule has 0 aromatic carbocycles. The molecule has 158 valence electrons. The summed E-state index contributed by atoms with van der Waals surface area (Å²) in [5.74, 6) is 0.